The van der Waals surface area contributed by atoms with Gasteiger partial charge < -0.3 is 24.8 Å². The fourth-order valence-corrected chi connectivity index (χ4v) is 2.77. The van der Waals surface area contributed by atoms with Crippen LogP contribution in [0.4, 0.5) is 0 Å². The first-order chi connectivity index (χ1) is 11.8. The van der Waals surface area contributed by atoms with Crippen molar-refractivity contribution in [3.8, 4) is 11.5 Å². The molecule has 0 aliphatic carbocycles. The Labute approximate surface area is 142 Å². The van der Waals surface area contributed by atoms with Gasteiger partial charge in [0.25, 0.3) is 0 Å². The third-order valence-electron chi connectivity index (χ3n) is 4.17. The molecule has 2 heterocycles. The summed E-state index contributed by atoms with van der Waals surface area (Å²) in [5.74, 6) is 1.59. The van der Waals surface area contributed by atoms with E-state index in [0.717, 1.165) is 62.9 Å². The lowest BCUT2D eigenvalue weighted by atomic mass is 10.1. The summed E-state index contributed by atoms with van der Waals surface area (Å²) in [4.78, 5) is 14.2. The highest BCUT2D eigenvalue weighted by Crippen LogP contribution is 2.32. The van der Waals surface area contributed by atoms with E-state index in [1.54, 1.807) is 0 Å². The third-order valence-corrected chi connectivity index (χ3v) is 4.17. The number of nitrogens with zero attached hydrogens (tertiary/aromatic N) is 1. The molecule has 1 aromatic carbocycles. The minimum atomic E-state index is 0.0257. The zero-order valence-electron chi connectivity index (χ0n) is 13.9. The highest BCUT2D eigenvalue weighted by atomic mass is 16.7. The summed E-state index contributed by atoms with van der Waals surface area (Å²) < 4.78 is 15.9. The van der Waals surface area contributed by atoms with Gasteiger partial charge in [-0.05, 0) is 24.1 Å². The fourth-order valence-electron chi connectivity index (χ4n) is 2.77. The van der Waals surface area contributed by atoms with Crippen molar-refractivity contribution in [2.24, 2.45) is 0 Å². The van der Waals surface area contributed by atoms with Gasteiger partial charge in [0.15, 0.2) is 11.5 Å². The Morgan fingerprint density at radius 3 is 2.83 bits per heavy atom. The number of carbonyl (C=O) groups is 1. The molecule has 7 heteroatoms. The van der Waals surface area contributed by atoms with Crippen LogP contribution in [0.5, 0.6) is 11.5 Å². The van der Waals surface area contributed by atoms with Crippen LogP contribution in [0.2, 0.25) is 0 Å². The first-order valence-corrected chi connectivity index (χ1v) is 8.47. The van der Waals surface area contributed by atoms with Crippen LogP contribution in [0.25, 0.3) is 0 Å². The van der Waals surface area contributed by atoms with Gasteiger partial charge in [-0.15, -0.1) is 0 Å². The molecule has 132 valence electrons. The van der Waals surface area contributed by atoms with Crippen molar-refractivity contribution < 1.29 is 19.0 Å². The summed E-state index contributed by atoms with van der Waals surface area (Å²) in [7, 11) is 0. The molecule has 2 aliphatic heterocycles. The molecule has 1 saturated heterocycles. The quantitative estimate of drug-likeness (QED) is 0.652. The van der Waals surface area contributed by atoms with E-state index in [1.165, 1.54) is 0 Å². The average molecular weight is 335 g/mol. The number of carbonyl (C=O) groups excluding carboxylic acids is 1. The molecule has 24 heavy (non-hydrogen) atoms. The van der Waals surface area contributed by atoms with Gasteiger partial charge in [0.05, 0.1) is 19.8 Å². The first-order valence-electron chi connectivity index (χ1n) is 8.47. The van der Waals surface area contributed by atoms with Gasteiger partial charge in [0, 0.05) is 32.7 Å². The smallest absolute Gasteiger partial charge is 0.233 e. The van der Waals surface area contributed by atoms with Crippen molar-refractivity contribution in [1.82, 2.24) is 15.5 Å². The molecule has 1 aromatic rings. The number of ether oxygens (including phenoxy) is 3. The maximum absolute atomic E-state index is 11.8. The normalized spacial score (nSPS) is 17.0. The van der Waals surface area contributed by atoms with Gasteiger partial charge >= 0.3 is 0 Å². The summed E-state index contributed by atoms with van der Waals surface area (Å²) >= 11 is 0. The summed E-state index contributed by atoms with van der Waals surface area (Å²) in [6.45, 7) is 6.58. The first kappa shape index (κ1) is 17.0. The molecular formula is C17H25N3O4. The van der Waals surface area contributed by atoms with Crippen LogP contribution in [-0.4, -0.2) is 70.1 Å². The van der Waals surface area contributed by atoms with E-state index in [9.17, 15) is 4.79 Å². The molecule has 1 amide bonds. The molecule has 3 rings (SSSR count). The number of benzene rings is 1. The lowest BCUT2D eigenvalue weighted by Gasteiger charge is -2.26. The summed E-state index contributed by atoms with van der Waals surface area (Å²) in [6.07, 6.45) is 0.774. The Kier molecular flexibility index (Phi) is 6.28. The molecule has 2 aliphatic rings. The molecule has 1 fully saturated rings. The molecule has 0 radical (unpaired) electrons. The largest absolute Gasteiger partial charge is 0.454 e. The second-order valence-electron chi connectivity index (χ2n) is 5.92. The zero-order valence-corrected chi connectivity index (χ0v) is 13.9. The number of rotatable bonds is 8. The van der Waals surface area contributed by atoms with Crippen LogP contribution in [0.3, 0.4) is 0 Å². The van der Waals surface area contributed by atoms with Crippen molar-refractivity contribution in [2.75, 3.05) is 59.3 Å². The Hall–Kier alpha value is -1.83. The number of hydrogen-bond donors (Lipinski definition) is 2. The summed E-state index contributed by atoms with van der Waals surface area (Å²) in [5.41, 5.74) is 1.12. The third kappa shape index (κ3) is 5.09. The molecule has 0 bridgehead atoms. The van der Waals surface area contributed by atoms with Crippen LogP contribution in [0.15, 0.2) is 18.2 Å². The van der Waals surface area contributed by atoms with Crippen LogP contribution < -0.4 is 20.1 Å². The van der Waals surface area contributed by atoms with E-state index in [1.807, 2.05) is 18.2 Å². The van der Waals surface area contributed by atoms with Crippen LogP contribution in [0, 0.1) is 0 Å². The summed E-state index contributed by atoms with van der Waals surface area (Å²) in [5, 5.41) is 6.11. The molecule has 2 N–H and O–H groups in total. The fraction of sp³-hybridized carbons (Fsp3) is 0.588. The molecule has 0 saturated carbocycles. The van der Waals surface area contributed by atoms with Crippen molar-refractivity contribution in [3.63, 3.8) is 0 Å². The average Bonchev–Trinajstić information content (AvgIpc) is 3.07. The number of hydrogen-bond acceptors (Lipinski definition) is 6. The van der Waals surface area contributed by atoms with Gasteiger partial charge in [-0.2, -0.15) is 0 Å². The number of amides is 1. The van der Waals surface area contributed by atoms with Crippen molar-refractivity contribution in [3.05, 3.63) is 23.8 Å². The topological polar surface area (TPSA) is 72.1 Å². The van der Waals surface area contributed by atoms with Gasteiger partial charge in [-0.25, -0.2) is 0 Å². The van der Waals surface area contributed by atoms with E-state index >= 15 is 0 Å². The Morgan fingerprint density at radius 2 is 1.96 bits per heavy atom. The molecule has 0 spiro atoms. The maximum Gasteiger partial charge on any atom is 0.233 e. The molecule has 0 unspecified atom stereocenters. The molecule has 0 atom stereocenters. The van der Waals surface area contributed by atoms with E-state index in [-0.39, 0.29) is 12.7 Å². The van der Waals surface area contributed by atoms with E-state index in [2.05, 4.69) is 15.5 Å². The second kappa shape index (κ2) is 8.86. The number of fused-ring (bicyclic) bond motifs is 1. The molecular weight excluding hydrogens is 310 g/mol. The van der Waals surface area contributed by atoms with Crippen LogP contribution in [0.1, 0.15) is 5.56 Å². The number of nitrogens with one attached hydrogen (secondary N) is 2. The monoisotopic (exact) mass is 335 g/mol. The van der Waals surface area contributed by atoms with E-state index < -0.39 is 0 Å². The van der Waals surface area contributed by atoms with Gasteiger partial charge in [-0.1, -0.05) is 6.07 Å². The highest BCUT2D eigenvalue weighted by Gasteiger charge is 2.13. The van der Waals surface area contributed by atoms with Crippen LogP contribution in [-0.2, 0) is 16.0 Å². The van der Waals surface area contributed by atoms with Crippen molar-refractivity contribution in [1.29, 1.82) is 0 Å². The summed E-state index contributed by atoms with van der Waals surface area (Å²) in [6, 6.07) is 5.88. The van der Waals surface area contributed by atoms with Gasteiger partial charge in [0.1, 0.15) is 0 Å². The standard InChI is InChI=1S/C17H25N3O4/c21-17(12-18-5-6-20-7-9-22-10-8-20)19-4-3-14-1-2-15-16(11-14)24-13-23-15/h1-2,11,18H,3-10,12-13H2,(H,19,21). The van der Waals surface area contributed by atoms with E-state index in [4.69, 9.17) is 14.2 Å². The minimum absolute atomic E-state index is 0.0257. The SMILES string of the molecule is O=C(CNCCN1CCOCC1)NCCc1ccc2c(c1)OCO2. The maximum atomic E-state index is 11.8. The van der Waals surface area contributed by atoms with Gasteiger partial charge in [-0.3, -0.25) is 9.69 Å². The van der Waals surface area contributed by atoms with Crippen LogP contribution >= 0.6 is 0 Å². The Balaban J connectivity index is 1.26. The van der Waals surface area contributed by atoms with E-state index in [0.29, 0.717) is 13.1 Å². The predicted molar refractivity (Wildman–Crippen MR) is 89.4 cm³/mol. The predicted octanol–water partition coefficient (Wildman–Crippen LogP) is -0.00420. The van der Waals surface area contributed by atoms with Crippen molar-refractivity contribution in [2.45, 2.75) is 6.42 Å². The number of morpholine rings is 1. The lowest BCUT2D eigenvalue weighted by Crippen LogP contribution is -2.42. The second-order valence-corrected chi connectivity index (χ2v) is 5.92. The zero-order chi connectivity index (χ0) is 16.6. The van der Waals surface area contributed by atoms with Crippen molar-refractivity contribution >= 4 is 5.91 Å². The molecule has 7 nitrogen and oxygen atoms in total. The Bertz CT molecular complexity index is 547. The highest BCUT2D eigenvalue weighted by molar-refractivity contribution is 5.77. The Morgan fingerprint density at radius 1 is 1.12 bits per heavy atom. The lowest BCUT2D eigenvalue weighted by molar-refractivity contribution is -0.120. The van der Waals surface area contributed by atoms with Gasteiger partial charge in [0.2, 0.25) is 12.7 Å². The minimum Gasteiger partial charge on any atom is -0.454 e. The molecule has 0 aromatic heterocycles.